The average Bonchev–Trinajstić information content (AvgIpc) is 3.26. The summed E-state index contributed by atoms with van der Waals surface area (Å²) in [5.41, 5.74) is 6.33. The van der Waals surface area contributed by atoms with Gasteiger partial charge in [0.05, 0.1) is 0 Å². The molecule has 2 N–H and O–H groups in total. The molecule has 0 aliphatic carbocycles. The van der Waals surface area contributed by atoms with Crippen molar-refractivity contribution in [3.8, 4) is 11.5 Å². The maximum absolute atomic E-state index is 11.4. The number of aromatic nitrogens is 2. The molecule has 2 heterocycles. The summed E-state index contributed by atoms with van der Waals surface area (Å²) in [5, 5.41) is 31.8. The van der Waals surface area contributed by atoms with Crippen molar-refractivity contribution in [1.29, 1.82) is 0 Å². The third-order valence-corrected chi connectivity index (χ3v) is 12.8. The third kappa shape index (κ3) is 8.21. The predicted octanol–water partition coefficient (Wildman–Crippen LogP) is 10.4. The fourth-order valence-corrected chi connectivity index (χ4v) is 10.3. The van der Waals surface area contributed by atoms with E-state index in [1.165, 1.54) is 24.3 Å². The third-order valence-electron chi connectivity index (χ3n) is 9.59. The molecule has 2 atom stereocenters. The summed E-state index contributed by atoms with van der Waals surface area (Å²) in [6.07, 6.45) is 3.47. The molecule has 2 unspecified atom stereocenters. The van der Waals surface area contributed by atoms with E-state index in [4.69, 9.17) is 15.3 Å². The molecule has 8 rings (SSSR count). The minimum atomic E-state index is -2.88. The summed E-state index contributed by atoms with van der Waals surface area (Å²) >= 11 is -2.88. The van der Waals surface area contributed by atoms with Crippen LogP contribution >= 0.6 is 0 Å². The molecule has 0 radical (unpaired) electrons. The number of nitrogens with zero attached hydrogens (tertiary/aromatic N) is 4. The summed E-state index contributed by atoms with van der Waals surface area (Å²) in [4.78, 5) is 31.5. The van der Waals surface area contributed by atoms with Gasteiger partial charge in [0.25, 0.3) is 0 Å². The van der Waals surface area contributed by atoms with Crippen LogP contribution in [-0.2, 0) is 25.5 Å². The Labute approximate surface area is 340 Å². The second-order valence-electron chi connectivity index (χ2n) is 13.1. The number of fused-ring (bicyclic) bond motifs is 2. The van der Waals surface area contributed by atoms with Crippen molar-refractivity contribution < 1.29 is 40.6 Å². The van der Waals surface area contributed by atoms with Gasteiger partial charge < -0.3 is 0 Å². The molecule has 57 heavy (non-hydrogen) atoms. The molecule has 276 valence electrons. The van der Waals surface area contributed by atoms with Gasteiger partial charge in [0.2, 0.25) is 0 Å². The number of nitrogens with one attached hydrogen (secondary N) is 2. The fourth-order valence-electron chi connectivity index (χ4n) is 6.84. The fraction of sp³-hybridized carbons (Fsp3) is 0.0455. The van der Waals surface area contributed by atoms with Gasteiger partial charge in [-0.05, 0) is 0 Å². The van der Waals surface area contributed by atoms with E-state index in [1.807, 2.05) is 109 Å². The molecule has 12 nitrogen and oxygen atoms in total. The first-order valence-electron chi connectivity index (χ1n) is 18.1. The first-order valence-corrected chi connectivity index (χ1v) is 22.5. The molecule has 0 aliphatic heterocycles. The molecular formula is C44H32HgN6O6. The average molecular weight is 941 g/mol. The van der Waals surface area contributed by atoms with Crippen molar-refractivity contribution in [2.75, 3.05) is 10.6 Å². The molecule has 6 aromatic carbocycles. The Morgan fingerprint density at radius 3 is 1.28 bits per heavy atom. The molecule has 0 saturated carbocycles. The normalized spacial score (nSPS) is 11.9. The van der Waals surface area contributed by atoms with E-state index >= 15 is 0 Å². The van der Waals surface area contributed by atoms with Crippen LogP contribution in [0.2, 0.25) is 0 Å². The molecular weight excluding hydrogens is 909 g/mol. The van der Waals surface area contributed by atoms with E-state index in [2.05, 4.69) is 10.6 Å². The van der Waals surface area contributed by atoms with Gasteiger partial charge in [0.1, 0.15) is 0 Å². The van der Waals surface area contributed by atoms with E-state index < -0.39 is 47.4 Å². The topological polar surface area (TPSA) is 155 Å². The van der Waals surface area contributed by atoms with Crippen LogP contribution in [0.3, 0.4) is 0 Å². The first kappa shape index (κ1) is 37.0. The van der Waals surface area contributed by atoms with E-state index in [9.17, 15) is 20.2 Å². The van der Waals surface area contributed by atoms with Crippen molar-refractivity contribution in [2.24, 2.45) is 0 Å². The molecule has 0 amide bonds. The summed E-state index contributed by atoms with van der Waals surface area (Å²) in [5.74, 6) is 1.19. The van der Waals surface area contributed by atoms with Gasteiger partial charge in [0, 0.05) is 0 Å². The van der Waals surface area contributed by atoms with Crippen LogP contribution in [-0.4, -0.2) is 19.8 Å². The molecule has 0 saturated heterocycles. The van der Waals surface area contributed by atoms with Crippen molar-refractivity contribution in [3.05, 3.63) is 213 Å². The van der Waals surface area contributed by atoms with Gasteiger partial charge >= 0.3 is 342 Å². The Balaban J connectivity index is 1.18. The number of nitro groups is 2. The van der Waals surface area contributed by atoms with Gasteiger partial charge in [-0.2, -0.15) is 0 Å². The van der Waals surface area contributed by atoms with Gasteiger partial charge in [-0.1, -0.05) is 0 Å². The molecule has 13 heteroatoms. The molecule has 2 aromatic heterocycles. The zero-order valence-corrected chi connectivity index (χ0v) is 35.8. The van der Waals surface area contributed by atoms with E-state index in [0.29, 0.717) is 33.9 Å². The number of anilines is 2. The van der Waals surface area contributed by atoms with Crippen molar-refractivity contribution in [2.45, 2.75) is 12.1 Å². The Bertz CT molecular complexity index is 2500. The van der Waals surface area contributed by atoms with Crippen LogP contribution in [0.1, 0.15) is 34.3 Å². The Kier molecular flexibility index (Phi) is 10.9. The van der Waals surface area contributed by atoms with Gasteiger partial charge in [-0.25, -0.2) is 0 Å². The van der Waals surface area contributed by atoms with Crippen molar-refractivity contribution >= 4 is 44.6 Å². The maximum atomic E-state index is 11.4. The van der Waals surface area contributed by atoms with Crippen LogP contribution in [0.5, 0.6) is 11.5 Å². The number of hydrogen-bond acceptors (Lipinski definition) is 10. The summed E-state index contributed by atoms with van der Waals surface area (Å²) < 4.78 is 13.8. The van der Waals surface area contributed by atoms with Crippen LogP contribution in [0.25, 0.3) is 21.8 Å². The van der Waals surface area contributed by atoms with Crippen molar-refractivity contribution in [1.82, 2.24) is 9.97 Å². The molecule has 0 bridgehead atoms. The second kappa shape index (κ2) is 16.8. The van der Waals surface area contributed by atoms with Crippen molar-refractivity contribution in [3.63, 3.8) is 0 Å². The van der Waals surface area contributed by atoms with E-state index in [0.717, 1.165) is 33.0 Å². The number of non-ortho nitro benzene ring substituents is 2. The quantitative estimate of drug-likeness (QED) is 0.0612. The molecule has 0 aliphatic rings. The Morgan fingerprint density at radius 2 is 0.895 bits per heavy atom. The minimum absolute atomic E-state index is 0.00206. The van der Waals surface area contributed by atoms with E-state index in [-0.39, 0.29) is 11.4 Å². The SMILES string of the molecule is O=[N+]([O-])c1ccc(NC(c2ccccc2)c2ccc3cccnc3c2[O][Hg][O]c2c(C(Nc3ccc([N+](=O)[O-])cc3)c3ccccc3)ccc3cccnc23)cc1. The number of benzene rings is 6. The monoisotopic (exact) mass is 942 g/mol. The summed E-state index contributed by atoms with van der Waals surface area (Å²) in [7, 11) is 0. The summed E-state index contributed by atoms with van der Waals surface area (Å²) in [6, 6.07) is 47.5. The van der Waals surface area contributed by atoms with Crippen LogP contribution in [0.4, 0.5) is 22.7 Å². The van der Waals surface area contributed by atoms with E-state index in [1.54, 1.807) is 36.7 Å². The number of rotatable bonds is 14. The number of hydrogen-bond donors (Lipinski definition) is 2. The number of nitro benzene ring substituents is 2. The Morgan fingerprint density at radius 1 is 0.491 bits per heavy atom. The molecule has 8 aromatic rings. The zero-order valence-electron chi connectivity index (χ0n) is 30.3. The Hall–Kier alpha value is -6.92. The van der Waals surface area contributed by atoms with Crippen LogP contribution in [0.15, 0.2) is 170 Å². The first-order chi connectivity index (χ1) is 27.9. The summed E-state index contributed by atoms with van der Waals surface area (Å²) in [6.45, 7) is 0. The van der Waals surface area contributed by atoms with Crippen LogP contribution < -0.4 is 15.9 Å². The molecule has 0 fully saturated rings. The van der Waals surface area contributed by atoms with Crippen LogP contribution in [0, 0.1) is 20.2 Å². The van der Waals surface area contributed by atoms with Gasteiger partial charge in [-0.3, -0.25) is 0 Å². The predicted molar refractivity (Wildman–Crippen MR) is 215 cm³/mol. The number of pyridine rings is 2. The van der Waals surface area contributed by atoms with Gasteiger partial charge in [-0.15, -0.1) is 0 Å². The standard InChI is InChI=1S/2C22H17N3O3.Hg/c2*26-22-19(13-8-16-7-4-14-23-21(16)22)20(15-5-2-1-3-6-15)24-17-9-11-18(12-10-17)25(27)28;/h2*1-14,20,24,26H;/q;;+2/p-2. The van der Waals surface area contributed by atoms with Gasteiger partial charge in [0.15, 0.2) is 0 Å². The zero-order chi connectivity index (χ0) is 39.1. The second-order valence-corrected chi connectivity index (χ2v) is 16.3. The molecule has 0 spiro atoms.